The zero-order chi connectivity index (χ0) is 22.4. The van der Waals surface area contributed by atoms with Gasteiger partial charge in [0.15, 0.2) is 5.96 Å². The molecule has 3 heterocycles. The van der Waals surface area contributed by atoms with Gasteiger partial charge in [0.2, 0.25) is 11.8 Å². The van der Waals surface area contributed by atoms with Crippen molar-refractivity contribution < 1.29 is 9.59 Å². The number of aromatic nitrogens is 2. The largest absolute Gasteiger partial charge is 0.357 e. The maximum atomic E-state index is 12.7. The molecule has 2 fully saturated rings. The van der Waals surface area contributed by atoms with Gasteiger partial charge in [-0.1, -0.05) is 0 Å². The maximum absolute atomic E-state index is 12.7. The number of nitrogens with one attached hydrogen (secondary N) is 1. The predicted octanol–water partition coefficient (Wildman–Crippen LogP) is -0.0231. The minimum Gasteiger partial charge on any atom is -0.357 e. The highest BCUT2D eigenvalue weighted by Gasteiger charge is 2.31. The van der Waals surface area contributed by atoms with Crippen molar-refractivity contribution in [3.05, 3.63) is 12.4 Å². The Labute approximate surface area is 184 Å². The molecule has 10 heteroatoms. The number of likely N-dealkylation sites (N-methyl/N-ethyl adjacent to an activating group) is 1. The van der Waals surface area contributed by atoms with Crippen molar-refractivity contribution >= 4 is 23.5 Å². The van der Waals surface area contributed by atoms with Gasteiger partial charge in [0, 0.05) is 60.1 Å². The summed E-state index contributed by atoms with van der Waals surface area (Å²) in [5.74, 6) is 1.02. The monoisotopic (exact) mass is 432 g/mol. The van der Waals surface area contributed by atoms with Crippen LogP contribution in [0.3, 0.4) is 0 Å². The molecule has 0 aromatic carbocycles. The minimum atomic E-state index is 0.00499. The Bertz CT molecular complexity index is 790. The number of carbonyl (C=O) groups is 2. The van der Waals surface area contributed by atoms with Crippen molar-refractivity contribution in [3.8, 4) is 0 Å². The van der Waals surface area contributed by atoms with E-state index >= 15 is 0 Å². The summed E-state index contributed by atoms with van der Waals surface area (Å²) in [6.45, 7) is 6.91. The molecule has 1 aromatic heterocycles. The Hall–Kier alpha value is -2.62. The summed E-state index contributed by atoms with van der Waals surface area (Å²) >= 11 is 0. The maximum Gasteiger partial charge on any atom is 0.246 e. The summed E-state index contributed by atoms with van der Waals surface area (Å²) in [5.41, 5.74) is 0.835. The molecule has 0 spiro atoms. The highest BCUT2D eigenvalue weighted by atomic mass is 16.2. The average molecular weight is 433 g/mol. The van der Waals surface area contributed by atoms with Crippen LogP contribution in [0.1, 0.15) is 26.2 Å². The molecule has 172 valence electrons. The fourth-order valence-corrected chi connectivity index (χ4v) is 4.23. The van der Waals surface area contributed by atoms with Crippen molar-refractivity contribution in [3.63, 3.8) is 0 Å². The van der Waals surface area contributed by atoms with Crippen LogP contribution < -0.4 is 10.2 Å². The molecule has 10 nitrogen and oxygen atoms in total. The van der Waals surface area contributed by atoms with Crippen molar-refractivity contribution in [1.82, 2.24) is 29.8 Å². The van der Waals surface area contributed by atoms with Gasteiger partial charge in [0.05, 0.1) is 17.9 Å². The van der Waals surface area contributed by atoms with Gasteiger partial charge in [-0.3, -0.25) is 24.2 Å². The second kappa shape index (κ2) is 10.6. The SMILES string of the molecule is CCNC(=NCCCN1CCCC1C(=O)N(C)C)N1CCN(c2cnn(C)c2)C(=O)C1. The van der Waals surface area contributed by atoms with Gasteiger partial charge in [-0.05, 0) is 32.7 Å². The molecule has 1 unspecified atom stereocenters. The fourth-order valence-electron chi connectivity index (χ4n) is 4.23. The summed E-state index contributed by atoms with van der Waals surface area (Å²) in [4.78, 5) is 37.6. The van der Waals surface area contributed by atoms with E-state index in [-0.39, 0.29) is 17.9 Å². The second-order valence-corrected chi connectivity index (χ2v) is 8.36. The summed E-state index contributed by atoms with van der Waals surface area (Å²) < 4.78 is 1.71. The Kier molecular flexibility index (Phi) is 7.89. The van der Waals surface area contributed by atoms with Gasteiger partial charge in [0.25, 0.3) is 0 Å². The zero-order valence-electron chi connectivity index (χ0n) is 19.3. The van der Waals surface area contributed by atoms with E-state index in [0.717, 1.165) is 57.1 Å². The number of hydrogen-bond donors (Lipinski definition) is 1. The van der Waals surface area contributed by atoms with E-state index in [9.17, 15) is 9.59 Å². The number of piperazine rings is 1. The lowest BCUT2D eigenvalue weighted by molar-refractivity contribution is -0.133. The van der Waals surface area contributed by atoms with Gasteiger partial charge >= 0.3 is 0 Å². The van der Waals surface area contributed by atoms with Crippen LogP contribution in [0.4, 0.5) is 5.69 Å². The molecule has 2 aliphatic heterocycles. The van der Waals surface area contributed by atoms with Crippen LogP contribution in [0.2, 0.25) is 0 Å². The third kappa shape index (κ3) is 5.75. The molecular formula is C21H36N8O2. The van der Waals surface area contributed by atoms with Crippen molar-refractivity contribution in [2.75, 3.05) is 64.8 Å². The normalized spacial score (nSPS) is 20.5. The average Bonchev–Trinajstić information content (AvgIpc) is 3.38. The number of amides is 2. The molecule has 0 bridgehead atoms. The molecule has 0 aliphatic carbocycles. The van der Waals surface area contributed by atoms with Crippen molar-refractivity contribution in [2.45, 2.75) is 32.2 Å². The second-order valence-electron chi connectivity index (χ2n) is 8.36. The number of aliphatic imine (C=N–C) groups is 1. The lowest BCUT2D eigenvalue weighted by Gasteiger charge is -2.35. The summed E-state index contributed by atoms with van der Waals surface area (Å²) in [6, 6.07) is 0.00499. The number of carbonyl (C=O) groups excluding carboxylic acids is 2. The lowest BCUT2D eigenvalue weighted by Crippen LogP contribution is -2.55. The molecular weight excluding hydrogens is 396 g/mol. The van der Waals surface area contributed by atoms with Gasteiger partial charge in [-0.25, -0.2) is 0 Å². The number of guanidine groups is 1. The molecule has 0 radical (unpaired) electrons. The van der Waals surface area contributed by atoms with Crippen molar-refractivity contribution in [1.29, 1.82) is 0 Å². The Balaban J connectivity index is 1.52. The first-order valence-corrected chi connectivity index (χ1v) is 11.2. The smallest absolute Gasteiger partial charge is 0.246 e. The minimum absolute atomic E-state index is 0.00499. The van der Waals surface area contributed by atoms with Crippen LogP contribution in [0, 0.1) is 0 Å². The topological polar surface area (TPSA) is 89.3 Å². The van der Waals surface area contributed by atoms with Crippen LogP contribution in [0.15, 0.2) is 17.4 Å². The van der Waals surface area contributed by atoms with Gasteiger partial charge in [-0.2, -0.15) is 5.10 Å². The van der Waals surface area contributed by atoms with Crippen LogP contribution in [0.25, 0.3) is 0 Å². The van der Waals surface area contributed by atoms with Crippen LogP contribution in [0.5, 0.6) is 0 Å². The molecule has 1 atom stereocenters. The zero-order valence-corrected chi connectivity index (χ0v) is 19.3. The van der Waals surface area contributed by atoms with Crippen LogP contribution in [-0.4, -0.2) is 108 Å². The fraction of sp³-hybridized carbons (Fsp3) is 0.714. The number of rotatable bonds is 7. The summed E-state index contributed by atoms with van der Waals surface area (Å²) in [5, 5.41) is 7.48. The Morgan fingerprint density at radius 3 is 2.77 bits per heavy atom. The first-order valence-electron chi connectivity index (χ1n) is 11.2. The van der Waals surface area contributed by atoms with Gasteiger partial charge in [0.1, 0.15) is 6.54 Å². The van der Waals surface area contributed by atoms with E-state index in [2.05, 4.69) is 15.3 Å². The van der Waals surface area contributed by atoms with Gasteiger partial charge < -0.3 is 20.0 Å². The number of hydrogen-bond acceptors (Lipinski definition) is 5. The molecule has 1 N–H and O–H groups in total. The molecule has 3 rings (SSSR count). The van der Waals surface area contributed by atoms with Crippen LogP contribution >= 0.6 is 0 Å². The number of nitrogens with zero attached hydrogens (tertiary/aromatic N) is 7. The standard InChI is InChI=1S/C21H36N8O2/c1-5-22-21(23-9-7-11-27-10-6-8-18(27)20(31)25(2)3)28-12-13-29(19(30)16-28)17-14-24-26(4)15-17/h14-15,18H,5-13,16H2,1-4H3,(H,22,23). The van der Waals surface area contributed by atoms with E-state index in [0.29, 0.717) is 19.6 Å². The molecule has 2 saturated heterocycles. The van der Waals surface area contributed by atoms with Gasteiger partial charge in [-0.15, -0.1) is 0 Å². The van der Waals surface area contributed by atoms with Crippen molar-refractivity contribution in [2.24, 2.45) is 12.0 Å². The number of likely N-dealkylation sites (tertiary alicyclic amines) is 1. The van der Waals surface area contributed by atoms with E-state index in [1.54, 1.807) is 20.7 Å². The predicted molar refractivity (Wildman–Crippen MR) is 121 cm³/mol. The quantitative estimate of drug-likeness (QED) is 0.370. The van der Waals surface area contributed by atoms with E-state index in [1.807, 2.05) is 39.2 Å². The number of anilines is 1. The van der Waals surface area contributed by atoms with Crippen LogP contribution in [-0.2, 0) is 16.6 Å². The highest BCUT2D eigenvalue weighted by Crippen LogP contribution is 2.19. The third-order valence-corrected chi connectivity index (χ3v) is 5.81. The summed E-state index contributed by atoms with van der Waals surface area (Å²) in [6.07, 6.45) is 6.47. The molecule has 31 heavy (non-hydrogen) atoms. The third-order valence-electron chi connectivity index (χ3n) is 5.81. The Morgan fingerprint density at radius 1 is 1.32 bits per heavy atom. The number of aryl methyl sites for hydroxylation is 1. The summed E-state index contributed by atoms with van der Waals surface area (Å²) in [7, 11) is 5.49. The van der Waals surface area contributed by atoms with E-state index in [4.69, 9.17) is 4.99 Å². The highest BCUT2D eigenvalue weighted by molar-refractivity contribution is 5.98. The molecule has 2 amide bonds. The first kappa shape index (κ1) is 23.1. The van der Waals surface area contributed by atoms with E-state index < -0.39 is 0 Å². The molecule has 0 saturated carbocycles. The lowest BCUT2D eigenvalue weighted by atomic mass is 10.2. The molecule has 1 aromatic rings. The first-order chi connectivity index (χ1) is 14.9. The van der Waals surface area contributed by atoms with E-state index in [1.165, 1.54) is 0 Å². The Morgan fingerprint density at radius 2 is 2.13 bits per heavy atom. The molecule has 2 aliphatic rings.